The largest absolute Gasteiger partial charge is 0.573 e. The van der Waals surface area contributed by atoms with Gasteiger partial charge in [-0.25, -0.2) is 0 Å². The van der Waals surface area contributed by atoms with Crippen LogP contribution in [0.4, 0.5) is 13.2 Å². The lowest BCUT2D eigenvalue weighted by Gasteiger charge is -2.09. The van der Waals surface area contributed by atoms with Crippen LogP contribution in [0, 0.1) is 0 Å². The van der Waals surface area contributed by atoms with Gasteiger partial charge < -0.3 is 10.1 Å². The molecule has 6 heteroatoms. The van der Waals surface area contributed by atoms with E-state index in [2.05, 4.69) is 10.1 Å². The van der Waals surface area contributed by atoms with E-state index in [-0.39, 0.29) is 5.75 Å². The Kier molecular flexibility index (Phi) is 4.11. The first-order valence-corrected chi connectivity index (χ1v) is 6.44. The Bertz CT molecular complexity index is 551. The number of nitrogens with one attached hydrogen (secondary N) is 1. The first-order valence-electron chi connectivity index (χ1n) is 5.56. The van der Waals surface area contributed by atoms with E-state index in [1.807, 2.05) is 18.5 Å². The molecule has 0 saturated heterocycles. The van der Waals surface area contributed by atoms with Gasteiger partial charge >= 0.3 is 6.36 Å². The van der Waals surface area contributed by atoms with Gasteiger partial charge in [0.15, 0.2) is 0 Å². The molecule has 0 amide bonds. The van der Waals surface area contributed by atoms with Crippen molar-refractivity contribution in [3.05, 3.63) is 41.3 Å². The summed E-state index contributed by atoms with van der Waals surface area (Å²) in [4.78, 5) is 0.915. The minimum Gasteiger partial charge on any atom is -0.406 e. The highest BCUT2D eigenvalue weighted by Crippen LogP contribution is 2.31. The quantitative estimate of drug-likeness (QED) is 0.916. The van der Waals surface area contributed by atoms with Gasteiger partial charge in [-0.05, 0) is 41.8 Å². The molecule has 2 nitrogen and oxygen atoms in total. The van der Waals surface area contributed by atoms with Crippen LogP contribution in [0.3, 0.4) is 0 Å². The second kappa shape index (κ2) is 5.63. The predicted octanol–water partition coefficient (Wildman–Crippen LogP) is 4.03. The van der Waals surface area contributed by atoms with Gasteiger partial charge in [-0.2, -0.15) is 0 Å². The van der Waals surface area contributed by atoms with Gasteiger partial charge in [0, 0.05) is 11.4 Å². The molecule has 0 aliphatic carbocycles. The number of alkyl halides is 3. The van der Waals surface area contributed by atoms with E-state index in [0.29, 0.717) is 5.56 Å². The molecule has 0 spiro atoms. The number of hydrogen-bond acceptors (Lipinski definition) is 3. The number of ether oxygens (including phenoxy) is 1. The molecule has 2 aromatic rings. The highest BCUT2D eigenvalue weighted by Gasteiger charge is 2.31. The lowest BCUT2D eigenvalue weighted by Crippen LogP contribution is -2.17. The molecule has 0 unspecified atom stereocenters. The number of thiophene rings is 1. The number of halogens is 3. The van der Waals surface area contributed by atoms with Crippen molar-refractivity contribution in [3.8, 4) is 16.2 Å². The minimum atomic E-state index is -4.66. The highest BCUT2D eigenvalue weighted by molar-refractivity contribution is 7.13. The summed E-state index contributed by atoms with van der Waals surface area (Å²) < 4.78 is 40.4. The zero-order valence-electron chi connectivity index (χ0n) is 10.1. The second-order valence-electron chi connectivity index (χ2n) is 3.93. The average molecular weight is 287 g/mol. The van der Waals surface area contributed by atoms with Crippen molar-refractivity contribution in [2.24, 2.45) is 0 Å². The van der Waals surface area contributed by atoms with Crippen molar-refractivity contribution in [1.29, 1.82) is 0 Å². The molecular weight excluding hydrogens is 275 g/mol. The van der Waals surface area contributed by atoms with E-state index >= 15 is 0 Å². The van der Waals surface area contributed by atoms with E-state index in [1.165, 1.54) is 23.5 Å². The van der Waals surface area contributed by atoms with Gasteiger partial charge in [-0.3, -0.25) is 0 Å². The summed E-state index contributed by atoms with van der Waals surface area (Å²) >= 11 is 1.49. The SMILES string of the molecule is CNCc1csc(-c2cccc(OC(F)(F)F)c2)c1. The molecule has 102 valence electrons. The van der Waals surface area contributed by atoms with Gasteiger partial charge in [0.1, 0.15) is 5.75 Å². The third-order valence-electron chi connectivity index (χ3n) is 2.39. The van der Waals surface area contributed by atoms with Crippen LogP contribution < -0.4 is 10.1 Å². The highest BCUT2D eigenvalue weighted by atomic mass is 32.1. The van der Waals surface area contributed by atoms with E-state index in [4.69, 9.17) is 0 Å². The fourth-order valence-electron chi connectivity index (χ4n) is 1.67. The molecular formula is C13H12F3NOS. The van der Waals surface area contributed by atoms with Crippen molar-refractivity contribution in [1.82, 2.24) is 5.32 Å². The van der Waals surface area contributed by atoms with Gasteiger partial charge in [-0.15, -0.1) is 24.5 Å². The maximum absolute atomic E-state index is 12.2. The third kappa shape index (κ3) is 3.97. The van der Waals surface area contributed by atoms with Crippen LogP contribution in [0.5, 0.6) is 5.75 Å². The number of hydrogen-bond donors (Lipinski definition) is 1. The molecule has 0 radical (unpaired) electrons. The second-order valence-corrected chi connectivity index (χ2v) is 4.84. The predicted molar refractivity (Wildman–Crippen MR) is 69.2 cm³/mol. The zero-order chi connectivity index (χ0) is 13.9. The number of benzene rings is 1. The van der Waals surface area contributed by atoms with E-state index in [0.717, 1.165) is 17.0 Å². The molecule has 0 aliphatic rings. The molecule has 0 saturated carbocycles. The Morgan fingerprint density at radius 3 is 2.74 bits per heavy atom. The lowest BCUT2D eigenvalue weighted by atomic mass is 10.1. The summed E-state index contributed by atoms with van der Waals surface area (Å²) in [7, 11) is 1.84. The van der Waals surface area contributed by atoms with E-state index < -0.39 is 6.36 Å². The van der Waals surface area contributed by atoms with Crippen LogP contribution in [0.1, 0.15) is 5.56 Å². The Morgan fingerprint density at radius 2 is 2.05 bits per heavy atom. The topological polar surface area (TPSA) is 21.3 Å². The lowest BCUT2D eigenvalue weighted by molar-refractivity contribution is -0.274. The smallest absolute Gasteiger partial charge is 0.406 e. The van der Waals surface area contributed by atoms with Gasteiger partial charge in [0.05, 0.1) is 0 Å². The standard InChI is InChI=1S/C13H12F3NOS/c1-17-7-9-5-12(19-8-9)10-3-2-4-11(6-10)18-13(14,15)16/h2-6,8,17H,7H2,1H3. The molecule has 1 aromatic carbocycles. The van der Waals surface area contributed by atoms with Crippen molar-refractivity contribution in [3.63, 3.8) is 0 Å². The zero-order valence-corrected chi connectivity index (χ0v) is 10.9. The molecule has 0 bridgehead atoms. The van der Waals surface area contributed by atoms with Crippen LogP contribution >= 0.6 is 11.3 Å². The number of rotatable bonds is 4. The van der Waals surface area contributed by atoms with Gasteiger partial charge in [-0.1, -0.05) is 12.1 Å². The van der Waals surface area contributed by atoms with Crippen LogP contribution in [0.15, 0.2) is 35.7 Å². The Hall–Kier alpha value is -1.53. The van der Waals surface area contributed by atoms with Gasteiger partial charge in [0.25, 0.3) is 0 Å². The monoisotopic (exact) mass is 287 g/mol. The maximum Gasteiger partial charge on any atom is 0.573 e. The van der Waals surface area contributed by atoms with Crippen molar-refractivity contribution >= 4 is 11.3 Å². The van der Waals surface area contributed by atoms with Crippen LogP contribution in [0.25, 0.3) is 10.4 Å². The summed E-state index contributed by atoms with van der Waals surface area (Å²) in [5.41, 5.74) is 1.82. The summed E-state index contributed by atoms with van der Waals surface area (Å²) in [5.74, 6) is -0.200. The maximum atomic E-state index is 12.2. The molecule has 0 aliphatic heterocycles. The van der Waals surface area contributed by atoms with E-state index in [1.54, 1.807) is 12.1 Å². The molecule has 1 N–H and O–H groups in total. The molecule has 0 atom stereocenters. The Labute approximate surface area is 112 Å². The van der Waals surface area contributed by atoms with Crippen LogP contribution in [0.2, 0.25) is 0 Å². The summed E-state index contributed by atoms with van der Waals surface area (Å²) in [6, 6.07) is 7.95. The normalized spacial score (nSPS) is 11.6. The van der Waals surface area contributed by atoms with Gasteiger partial charge in [0.2, 0.25) is 0 Å². The average Bonchev–Trinajstić information content (AvgIpc) is 2.76. The molecule has 19 heavy (non-hydrogen) atoms. The third-order valence-corrected chi connectivity index (χ3v) is 3.41. The fraction of sp³-hybridized carbons (Fsp3) is 0.231. The summed E-state index contributed by atoms with van der Waals surface area (Å²) in [6.07, 6.45) is -4.66. The van der Waals surface area contributed by atoms with E-state index in [9.17, 15) is 13.2 Å². The Balaban J connectivity index is 2.22. The minimum absolute atomic E-state index is 0.200. The van der Waals surface area contributed by atoms with Crippen molar-refractivity contribution in [2.45, 2.75) is 12.9 Å². The molecule has 1 heterocycles. The first kappa shape index (κ1) is 13.9. The first-order chi connectivity index (χ1) is 8.98. The van der Waals surface area contributed by atoms with Crippen LogP contribution in [-0.4, -0.2) is 13.4 Å². The van der Waals surface area contributed by atoms with Crippen LogP contribution in [-0.2, 0) is 6.54 Å². The summed E-state index contributed by atoms with van der Waals surface area (Å²) in [6.45, 7) is 0.731. The van der Waals surface area contributed by atoms with Crippen molar-refractivity contribution < 1.29 is 17.9 Å². The molecule has 1 aromatic heterocycles. The molecule has 0 fully saturated rings. The molecule has 2 rings (SSSR count). The summed E-state index contributed by atoms with van der Waals surface area (Å²) in [5, 5.41) is 5.00. The Morgan fingerprint density at radius 1 is 1.26 bits per heavy atom. The fourth-order valence-corrected chi connectivity index (χ4v) is 2.58. The van der Waals surface area contributed by atoms with Crippen molar-refractivity contribution in [2.75, 3.05) is 7.05 Å².